The Morgan fingerprint density at radius 1 is 1.50 bits per heavy atom. The van der Waals surface area contributed by atoms with Gasteiger partial charge in [0.25, 0.3) is 0 Å². The van der Waals surface area contributed by atoms with Crippen molar-refractivity contribution in [1.82, 2.24) is 0 Å². The van der Waals surface area contributed by atoms with Crippen molar-refractivity contribution >= 4 is 13.3 Å². The van der Waals surface area contributed by atoms with E-state index in [1.54, 1.807) is 20.0 Å². The van der Waals surface area contributed by atoms with Crippen LogP contribution in [0.1, 0.15) is 5.56 Å². The molecule has 0 atom stereocenters. The Morgan fingerprint density at radius 2 is 2.20 bits per heavy atom. The maximum Gasteiger partial charge on any atom is 0.143 e. The number of rotatable bonds is 1. The molecular weight excluding hydrogens is 130 g/mol. The summed E-state index contributed by atoms with van der Waals surface area (Å²) >= 11 is 0. The van der Waals surface area contributed by atoms with Crippen molar-refractivity contribution in [2.45, 2.75) is 6.61 Å². The fourth-order valence-corrected chi connectivity index (χ4v) is 0.823. The van der Waals surface area contributed by atoms with E-state index in [9.17, 15) is 4.39 Å². The quantitative estimate of drug-likeness (QED) is 0.522. The summed E-state index contributed by atoms with van der Waals surface area (Å²) in [7, 11) is 1.65. The largest absolute Gasteiger partial charge is 0.392 e. The van der Waals surface area contributed by atoms with Crippen molar-refractivity contribution in [3.05, 3.63) is 29.6 Å². The molecule has 3 heteroatoms. The normalized spacial score (nSPS) is 9.80. The second-order valence-electron chi connectivity index (χ2n) is 2.18. The average Bonchev–Trinajstić information content (AvgIpc) is 1.95. The maximum absolute atomic E-state index is 12.7. The SMILES string of the molecule is Bc1c(F)cccc1CO. The first-order chi connectivity index (χ1) is 4.75. The first kappa shape index (κ1) is 7.28. The summed E-state index contributed by atoms with van der Waals surface area (Å²) < 4.78 is 12.7. The summed E-state index contributed by atoms with van der Waals surface area (Å²) in [6, 6.07) is 4.68. The fourth-order valence-electron chi connectivity index (χ4n) is 0.823. The van der Waals surface area contributed by atoms with E-state index in [1.165, 1.54) is 6.07 Å². The number of hydrogen-bond donors (Lipinski definition) is 1. The van der Waals surface area contributed by atoms with Gasteiger partial charge in [-0.25, -0.2) is 4.39 Å². The summed E-state index contributed by atoms with van der Waals surface area (Å²) in [4.78, 5) is 0. The zero-order valence-electron chi connectivity index (χ0n) is 5.76. The fraction of sp³-hybridized carbons (Fsp3) is 0.143. The molecule has 1 N–H and O–H groups in total. The monoisotopic (exact) mass is 138 g/mol. The van der Waals surface area contributed by atoms with Crippen LogP contribution in [-0.2, 0) is 6.61 Å². The van der Waals surface area contributed by atoms with Crippen molar-refractivity contribution in [3.63, 3.8) is 0 Å². The van der Waals surface area contributed by atoms with Gasteiger partial charge in [-0.05, 0) is 17.1 Å². The molecular formula is C7H8BFO. The van der Waals surface area contributed by atoms with Gasteiger partial charge in [0, 0.05) is 0 Å². The highest BCUT2D eigenvalue weighted by Gasteiger charge is 1.99. The molecule has 0 heterocycles. The summed E-state index contributed by atoms with van der Waals surface area (Å²) in [5.41, 5.74) is 1.19. The Kier molecular flexibility index (Phi) is 2.07. The molecule has 0 saturated heterocycles. The number of aliphatic hydroxyl groups is 1. The van der Waals surface area contributed by atoms with Gasteiger partial charge in [-0.15, -0.1) is 0 Å². The third kappa shape index (κ3) is 1.19. The molecule has 10 heavy (non-hydrogen) atoms. The van der Waals surface area contributed by atoms with Crippen molar-refractivity contribution in [1.29, 1.82) is 0 Å². The molecule has 0 saturated carbocycles. The Bertz CT molecular complexity index is 237. The lowest BCUT2D eigenvalue weighted by Crippen LogP contribution is -2.14. The number of aliphatic hydroxyl groups excluding tert-OH is 1. The van der Waals surface area contributed by atoms with Gasteiger partial charge in [-0.2, -0.15) is 0 Å². The number of halogens is 1. The van der Waals surface area contributed by atoms with E-state index in [4.69, 9.17) is 5.11 Å². The van der Waals surface area contributed by atoms with Gasteiger partial charge in [0.2, 0.25) is 0 Å². The lowest BCUT2D eigenvalue weighted by molar-refractivity contribution is 0.282. The predicted octanol–water partition coefficient (Wildman–Crippen LogP) is -0.424. The number of benzene rings is 1. The first-order valence-electron chi connectivity index (χ1n) is 3.10. The smallest absolute Gasteiger partial charge is 0.143 e. The van der Waals surface area contributed by atoms with Crippen LogP contribution in [-0.4, -0.2) is 13.0 Å². The van der Waals surface area contributed by atoms with Crippen LogP contribution in [0.5, 0.6) is 0 Å². The Labute approximate surface area is 59.9 Å². The molecule has 0 aliphatic heterocycles. The molecule has 1 aromatic rings. The second kappa shape index (κ2) is 2.84. The Morgan fingerprint density at radius 3 is 2.70 bits per heavy atom. The first-order valence-corrected chi connectivity index (χ1v) is 3.10. The molecule has 0 unspecified atom stereocenters. The van der Waals surface area contributed by atoms with E-state index >= 15 is 0 Å². The van der Waals surface area contributed by atoms with E-state index in [1.807, 2.05) is 0 Å². The third-order valence-electron chi connectivity index (χ3n) is 1.55. The summed E-state index contributed by atoms with van der Waals surface area (Å²) in [6.07, 6.45) is 0. The zero-order chi connectivity index (χ0) is 7.56. The minimum atomic E-state index is -0.258. The van der Waals surface area contributed by atoms with Crippen LogP contribution in [0.15, 0.2) is 18.2 Å². The van der Waals surface area contributed by atoms with Crippen molar-refractivity contribution in [2.75, 3.05) is 0 Å². The average molecular weight is 138 g/mol. The van der Waals surface area contributed by atoms with Gasteiger partial charge in [0.05, 0.1) is 6.61 Å². The van der Waals surface area contributed by atoms with Crippen LogP contribution in [0.4, 0.5) is 4.39 Å². The standard InChI is InChI=1S/C7H8BFO/c8-7-5(4-10)2-1-3-6(7)9/h1-3,10H,4,8H2. The van der Waals surface area contributed by atoms with Gasteiger partial charge in [-0.1, -0.05) is 12.1 Å². The van der Waals surface area contributed by atoms with Gasteiger partial charge >= 0.3 is 0 Å². The van der Waals surface area contributed by atoms with Gasteiger partial charge in [-0.3, -0.25) is 0 Å². The molecule has 0 amide bonds. The van der Waals surface area contributed by atoms with Crippen molar-refractivity contribution in [2.24, 2.45) is 0 Å². The predicted molar refractivity (Wildman–Crippen MR) is 40.5 cm³/mol. The molecule has 1 aromatic carbocycles. The highest BCUT2D eigenvalue weighted by molar-refractivity contribution is 6.33. The molecule has 0 fully saturated rings. The molecule has 0 spiro atoms. The van der Waals surface area contributed by atoms with Crippen LogP contribution in [0, 0.1) is 5.82 Å². The second-order valence-corrected chi connectivity index (χ2v) is 2.18. The Balaban J connectivity index is 3.14. The van der Waals surface area contributed by atoms with Crippen molar-refractivity contribution < 1.29 is 9.50 Å². The minimum Gasteiger partial charge on any atom is -0.392 e. The summed E-state index contributed by atoms with van der Waals surface area (Å²) in [6.45, 7) is -0.0937. The zero-order valence-corrected chi connectivity index (χ0v) is 5.76. The molecule has 0 aromatic heterocycles. The van der Waals surface area contributed by atoms with Gasteiger partial charge in [0.15, 0.2) is 0 Å². The van der Waals surface area contributed by atoms with Crippen LogP contribution in [0.25, 0.3) is 0 Å². The van der Waals surface area contributed by atoms with Gasteiger partial charge < -0.3 is 5.11 Å². The maximum atomic E-state index is 12.7. The third-order valence-corrected chi connectivity index (χ3v) is 1.55. The minimum absolute atomic E-state index is 0.0937. The molecule has 52 valence electrons. The van der Waals surface area contributed by atoms with Crippen LogP contribution < -0.4 is 5.46 Å². The Hall–Kier alpha value is -0.825. The van der Waals surface area contributed by atoms with E-state index in [0.29, 0.717) is 11.0 Å². The molecule has 0 bridgehead atoms. The topological polar surface area (TPSA) is 20.2 Å². The number of hydrogen-bond acceptors (Lipinski definition) is 1. The molecule has 1 nitrogen and oxygen atoms in total. The highest BCUT2D eigenvalue weighted by Crippen LogP contribution is 1.98. The van der Waals surface area contributed by atoms with Crippen LogP contribution in [0.2, 0.25) is 0 Å². The van der Waals surface area contributed by atoms with Crippen LogP contribution in [0.3, 0.4) is 0 Å². The van der Waals surface area contributed by atoms with E-state index in [2.05, 4.69) is 0 Å². The van der Waals surface area contributed by atoms with Crippen molar-refractivity contribution in [3.8, 4) is 0 Å². The lowest BCUT2D eigenvalue weighted by Gasteiger charge is -2.01. The molecule has 0 aliphatic carbocycles. The van der Waals surface area contributed by atoms with Gasteiger partial charge in [0.1, 0.15) is 13.7 Å². The highest BCUT2D eigenvalue weighted by atomic mass is 19.1. The lowest BCUT2D eigenvalue weighted by atomic mass is 9.90. The molecule has 0 radical (unpaired) electrons. The summed E-state index contributed by atoms with van der Waals surface area (Å²) in [5, 5.41) is 8.68. The molecule has 1 rings (SSSR count). The summed E-state index contributed by atoms with van der Waals surface area (Å²) in [5.74, 6) is -0.258. The van der Waals surface area contributed by atoms with E-state index in [0.717, 1.165) is 0 Å². The van der Waals surface area contributed by atoms with E-state index in [-0.39, 0.29) is 12.4 Å². The van der Waals surface area contributed by atoms with Crippen LogP contribution >= 0.6 is 0 Å². The molecule has 0 aliphatic rings. The van der Waals surface area contributed by atoms with E-state index < -0.39 is 0 Å².